The van der Waals surface area contributed by atoms with Crippen molar-refractivity contribution >= 4 is 40.2 Å². The van der Waals surface area contributed by atoms with Crippen LogP contribution in [0.15, 0.2) is 29.9 Å². The molecule has 3 atom stereocenters. The van der Waals surface area contributed by atoms with Crippen molar-refractivity contribution in [3.63, 3.8) is 0 Å². The maximum atomic E-state index is 12.2. The summed E-state index contributed by atoms with van der Waals surface area (Å²) in [5.74, 6) is 0.969. The molecule has 9 heteroatoms. The molecule has 0 unspecified atom stereocenters. The number of urea groups is 1. The second-order valence-corrected chi connectivity index (χ2v) is 8.82. The third kappa shape index (κ3) is 4.41. The SMILES string of the molecule is O=C(CCCC[C@@H]1SC[C@@H]2NC(=O)N[C@@H]21)Nc1nc(-c2ccncc2)cs1. The Kier molecular flexibility index (Phi) is 5.58. The first-order valence-corrected chi connectivity index (χ1v) is 11.0. The molecule has 7 nitrogen and oxygen atoms in total. The number of aromatic nitrogens is 2. The number of fused-ring (bicyclic) bond motifs is 1. The van der Waals surface area contributed by atoms with E-state index in [4.69, 9.17) is 0 Å². The molecular weight excluding hydrogens is 382 g/mol. The zero-order chi connectivity index (χ0) is 18.6. The molecule has 2 aliphatic heterocycles. The van der Waals surface area contributed by atoms with Crippen LogP contribution in [0.2, 0.25) is 0 Å². The summed E-state index contributed by atoms with van der Waals surface area (Å²) in [6, 6.07) is 4.24. The van der Waals surface area contributed by atoms with Gasteiger partial charge in [0, 0.05) is 40.8 Å². The Balaban J connectivity index is 1.18. The van der Waals surface area contributed by atoms with Gasteiger partial charge < -0.3 is 16.0 Å². The molecular formula is C18H21N5O2S2. The van der Waals surface area contributed by atoms with Crippen LogP contribution in [0.25, 0.3) is 11.3 Å². The highest BCUT2D eigenvalue weighted by atomic mass is 32.2. The van der Waals surface area contributed by atoms with Crippen LogP contribution in [0, 0.1) is 0 Å². The molecule has 0 aliphatic carbocycles. The lowest BCUT2D eigenvalue weighted by Gasteiger charge is -2.16. The van der Waals surface area contributed by atoms with Crippen molar-refractivity contribution in [2.45, 2.75) is 43.0 Å². The van der Waals surface area contributed by atoms with Crippen LogP contribution in [0.1, 0.15) is 25.7 Å². The van der Waals surface area contributed by atoms with E-state index in [1.54, 1.807) is 12.4 Å². The fourth-order valence-corrected chi connectivity index (χ4v) is 5.72. The maximum absolute atomic E-state index is 12.2. The van der Waals surface area contributed by atoms with Gasteiger partial charge in [-0.25, -0.2) is 9.78 Å². The molecule has 142 valence electrons. The molecule has 0 saturated carbocycles. The number of amides is 3. The summed E-state index contributed by atoms with van der Waals surface area (Å²) in [5, 5.41) is 11.8. The van der Waals surface area contributed by atoms with Crippen molar-refractivity contribution in [2.24, 2.45) is 0 Å². The summed E-state index contributed by atoms with van der Waals surface area (Å²) in [6.07, 6.45) is 6.77. The van der Waals surface area contributed by atoms with Gasteiger partial charge in [0.15, 0.2) is 5.13 Å². The Hall–Kier alpha value is -2.13. The number of hydrogen-bond acceptors (Lipinski definition) is 6. The van der Waals surface area contributed by atoms with E-state index in [-0.39, 0.29) is 24.0 Å². The van der Waals surface area contributed by atoms with E-state index in [1.165, 1.54) is 11.3 Å². The summed E-state index contributed by atoms with van der Waals surface area (Å²) >= 11 is 3.34. The first-order valence-electron chi connectivity index (χ1n) is 9.03. The lowest BCUT2D eigenvalue weighted by molar-refractivity contribution is -0.116. The summed E-state index contributed by atoms with van der Waals surface area (Å²) in [4.78, 5) is 32.0. The average molecular weight is 404 g/mol. The van der Waals surface area contributed by atoms with Crippen molar-refractivity contribution in [1.82, 2.24) is 20.6 Å². The summed E-state index contributed by atoms with van der Waals surface area (Å²) < 4.78 is 0. The van der Waals surface area contributed by atoms with Gasteiger partial charge in [-0.2, -0.15) is 11.8 Å². The number of thiazole rings is 1. The molecule has 2 aromatic heterocycles. The molecule has 3 amide bonds. The Bertz CT molecular complexity index is 813. The monoisotopic (exact) mass is 403 g/mol. The van der Waals surface area contributed by atoms with Crippen molar-refractivity contribution in [2.75, 3.05) is 11.1 Å². The van der Waals surface area contributed by atoms with E-state index in [2.05, 4.69) is 25.9 Å². The fourth-order valence-electron chi connectivity index (χ4n) is 3.44. The molecule has 2 aromatic rings. The van der Waals surface area contributed by atoms with E-state index in [0.717, 1.165) is 36.3 Å². The Morgan fingerprint density at radius 1 is 1.26 bits per heavy atom. The quantitative estimate of drug-likeness (QED) is 0.488. The van der Waals surface area contributed by atoms with E-state index in [9.17, 15) is 9.59 Å². The van der Waals surface area contributed by atoms with Gasteiger partial charge in [0.1, 0.15) is 0 Å². The number of thioether (sulfide) groups is 1. The molecule has 4 heterocycles. The van der Waals surface area contributed by atoms with Crippen LogP contribution in [0.4, 0.5) is 9.93 Å². The predicted molar refractivity (Wildman–Crippen MR) is 108 cm³/mol. The maximum Gasteiger partial charge on any atom is 0.315 e. The standard InChI is InChI=1S/C18H21N5O2S2/c24-15(22-18-21-12(9-27-18)11-5-7-19-8-6-11)4-2-1-3-14-16-13(10-26-14)20-17(25)23-16/h5-9,13-14,16H,1-4,10H2,(H2,20,23,25)(H,21,22,24)/t13-,14-,16-/m0/s1. The van der Waals surface area contributed by atoms with Crippen molar-refractivity contribution in [1.29, 1.82) is 0 Å². The number of nitrogens with one attached hydrogen (secondary N) is 3. The van der Waals surface area contributed by atoms with Gasteiger partial charge in [-0.3, -0.25) is 9.78 Å². The molecule has 0 bridgehead atoms. The molecule has 0 radical (unpaired) electrons. The topological polar surface area (TPSA) is 96.0 Å². The minimum Gasteiger partial charge on any atom is -0.332 e. The van der Waals surface area contributed by atoms with Crippen LogP contribution in [0.3, 0.4) is 0 Å². The fraction of sp³-hybridized carbons (Fsp3) is 0.444. The largest absolute Gasteiger partial charge is 0.332 e. The van der Waals surface area contributed by atoms with Crippen LogP contribution in [-0.2, 0) is 4.79 Å². The molecule has 27 heavy (non-hydrogen) atoms. The van der Waals surface area contributed by atoms with Gasteiger partial charge >= 0.3 is 6.03 Å². The van der Waals surface area contributed by atoms with Crippen LogP contribution >= 0.6 is 23.1 Å². The second kappa shape index (κ2) is 8.26. The predicted octanol–water partition coefficient (Wildman–Crippen LogP) is 2.87. The van der Waals surface area contributed by atoms with Gasteiger partial charge in [0.2, 0.25) is 5.91 Å². The number of carbonyl (C=O) groups excluding carboxylic acids is 2. The van der Waals surface area contributed by atoms with Crippen molar-refractivity contribution < 1.29 is 9.59 Å². The zero-order valence-electron chi connectivity index (χ0n) is 14.7. The van der Waals surface area contributed by atoms with E-state index in [0.29, 0.717) is 16.8 Å². The molecule has 2 aliphatic rings. The van der Waals surface area contributed by atoms with Crippen LogP contribution in [-0.4, -0.2) is 45.0 Å². The Morgan fingerprint density at radius 2 is 2.11 bits per heavy atom. The third-order valence-corrected chi connectivity index (χ3v) is 7.07. The van der Waals surface area contributed by atoms with Gasteiger partial charge in [0.25, 0.3) is 0 Å². The van der Waals surface area contributed by atoms with E-state index in [1.807, 2.05) is 29.3 Å². The minimum absolute atomic E-state index is 0.00147. The van der Waals surface area contributed by atoms with E-state index < -0.39 is 0 Å². The number of unbranched alkanes of at least 4 members (excludes halogenated alkanes) is 1. The lowest BCUT2D eigenvalue weighted by Crippen LogP contribution is -2.36. The highest BCUT2D eigenvalue weighted by Gasteiger charge is 2.42. The molecule has 0 spiro atoms. The summed E-state index contributed by atoms with van der Waals surface area (Å²) in [5.41, 5.74) is 1.83. The number of nitrogens with zero attached hydrogens (tertiary/aromatic N) is 2. The van der Waals surface area contributed by atoms with Gasteiger partial charge in [-0.15, -0.1) is 11.3 Å². The average Bonchev–Trinajstić information content (AvgIpc) is 3.36. The lowest BCUT2D eigenvalue weighted by atomic mass is 10.0. The second-order valence-electron chi connectivity index (χ2n) is 6.69. The highest BCUT2D eigenvalue weighted by Crippen LogP contribution is 2.33. The summed E-state index contributed by atoms with van der Waals surface area (Å²) in [7, 11) is 0. The molecule has 2 saturated heterocycles. The molecule has 2 fully saturated rings. The first kappa shape index (κ1) is 18.2. The molecule has 4 rings (SSSR count). The van der Waals surface area contributed by atoms with Crippen molar-refractivity contribution in [3.8, 4) is 11.3 Å². The third-order valence-electron chi connectivity index (χ3n) is 4.81. The first-order chi connectivity index (χ1) is 13.2. The van der Waals surface area contributed by atoms with Gasteiger partial charge in [-0.05, 0) is 25.0 Å². The number of carbonyl (C=O) groups is 2. The highest BCUT2D eigenvalue weighted by molar-refractivity contribution is 8.00. The Morgan fingerprint density at radius 3 is 2.96 bits per heavy atom. The normalized spacial score (nSPS) is 23.6. The van der Waals surface area contributed by atoms with Gasteiger partial charge in [-0.1, -0.05) is 6.42 Å². The number of rotatable bonds is 7. The van der Waals surface area contributed by atoms with Crippen LogP contribution < -0.4 is 16.0 Å². The molecule has 0 aromatic carbocycles. The number of pyridine rings is 1. The Labute approximate surface area is 165 Å². The van der Waals surface area contributed by atoms with Crippen LogP contribution in [0.5, 0.6) is 0 Å². The minimum atomic E-state index is -0.0516. The smallest absolute Gasteiger partial charge is 0.315 e. The van der Waals surface area contributed by atoms with Crippen molar-refractivity contribution in [3.05, 3.63) is 29.9 Å². The summed E-state index contributed by atoms with van der Waals surface area (Å²) in [6.45, 7) is 0. The number of hydrogen-bond donors (Lipinski definition) is 3. The number of anilines is 1. The van der Waals surface area contributed by atoms with E-state index >= 15 is 0 Å². The zero-order valence-corrected chi connectivity index (χ0v) is 16.3. The van der Waals surface area contributed by atoms with Gasteiger partial charge in [0.05, 0.1) is 17.8 Å². The molecule has 3 N–H and O–H groups in total.